The smallest absolute Gasteiger partial charge is 0.257 e. The van der Waals surface area contributed by atoms with E-state index in [1.54, 1.807) is 24.2 Å². The molecule has 5 rings (SSSR count). The van der Waals surface area contributed by atoms with Gasteiger partial charge in [-0.15, -0.1) is 0 Å². The molecule has 1 fully saturated rings. The molecule has 2 amide bonds. The molecule has 0 saturated carbocycles. The zero-order valence-electron chi connectivity index (χ0n) is 16.0. The van der Waals surface area contributed by atoms with Crippen LogP contribution in [-0.4, -0.2) is 33.2 Å². The molecule has 2 aliphatic heterocycles. The van der Waals surface area contributed by atoms with E-state index < -0.39 is 11.5 Å². The molecule has 1 N–H and O–H groups in total. The highest BCUT2D eigenvalue weighted by atomic mass is 16.2. The number of hydrogen-bond acceptors (Lipinski definition) is 4. The number of nitrogens with zero attached hydrogens (tertiary/aromatic N) is 3. The van der Waals surface area contributed by atoms with Gasteiger partial charge in [0, 0.05) is 24.6 Å². The molecule has 0 unspecified atom stereocenters. The van der Waals surface area contributed by atoms with Crippen LogP contribution in [-0.2, 0) is 10.2 Å². The number of carbonyl (C=O) groups excluding carboxylic acids is 2. The minimum absolute atomic E-state index is 0.0528. The first kappa shape index (κ1) is 17.6. The minimum Gasteiger partial charge on any atom is -0.330 e. The Morgan fingerprint density at radius 2 is 1.76 bits per heavy atom. The van der Waals surface area contributed by atoms with E-state index in [9.17, 15) is 9.59 Å². The van der Waals surface area contributed by atoms with Crippen LogP contribution in [0.1, 0.15) is 39.8 Å². The quantitative estimate of drug-likeness (QED) is 0.736. The van der Waals surface area contributed by atoms with Crippen molar-refractivity contribution >= 4 is 17.5 Å². The summed E-state index contributed by atoms with van der Waals surface area (Å²) >= 11 is 0. The van der Waals surface area contributed by atoms with Crippen LogP contribution in [0.4, 0.5) is 5.69 Å². The van der Waals surface area contributed by atoms with Crippen LogP contribution in [0.5, 0.6) is 0 Å². The Morgan fingerprint density at radius 3 is 2.52 bits per heavy atom. The lowest BCUT2D eigenvalue weighted by Gasteiger charge is -2.34. The van der Waals surface area contributed by atoms with Gasteiger partial charge in [-0.05, 0) is 30.5 Å². The SMILES string of the molecule is Cc1ncc(C(=O)N2CC[C@]3(C(=O)Nc4ccccc43)[C@@H]2c2ccccc2)cn1. The topological polar surface area (TPSA) is 75.2 Å². The average molecular weight is 384 g/mol. The highest BCUT2D eigenvalue weighted by molar-refractivity contribution is 6.08. The fourth-order valence-electron chi connectivity index (χ4n) is 4.67. The van der Waals surface area contributed by atoms with Crippen molar-refractivity contribution in [3.05, 3.63) is 89.5 Å². The van der Waals surface area contributed by atoms with Crippen LogP contribution in [0.15, 0.2) is 67.0 Å². The van der Waals surface area contributed by atoms with Crippen LogP contribution in [0, 0.1) is 6.92 Å². The maximum atomic E-state index is 13.4. The predicted octanol–water partition coefficient (Wildman–Crippen LogP) is 3.26. The molecule has 0 radical (unpaired) electrons. The summed E-state index contributed by atoms with van der Waals surface area (Å²) in [5.74, 6) is 0.402. The highest BCUT2D eigenvalue weighted by Crippen LogP contribution is 2.54. The van der Waals surface area contributed by atoms with Crippen LogP contribution in [0.2, 0.25) is 0 Å². The van der Waals surface area contributed by atoms with E-state index >= 15 is 0 Å². The summed E-state index contributed by atoms with van der Waals surface area (Å²) in [6.07, 6.45) is 3.68. The number of fused-ring (bicyclic) bond motifs is 2. The van der Waals surface area contributed by atoms with E-state index in [0.29, 0.717) is 24.4 Å². The van der Waals surface area contributed by atoms with Crippen molar-refractivity contribution in [2.24, 2.45) is 0 Å². The summed E-state index contributed by atoms with van der Waals surface area (Å²) in [6.45, 7) is 2.26. The van der Waals surface area contributed by atoms with Crippen molar-refractivity contribution in [2.75, 3.05) is 11.9 Å². The summed E-state index contributed by atoms with van der Waals surface area (Å²) in [6, 6.07) is 17.2. The third kappa shape index (κ3) is 2.56. The van der Waals surface area contributed by atoms with Crippen molar-refractivity contribution in [1.82, 2.24) is 14.9 Å². The molecular formula is C23H20N4O2. The lowest BCUT2D eigenvalue weighted by atomic mass is 9.72. The lowest BCUT2D eigenvalue weighted by molar-refractivity contribution is -0.121. The number of aryl methyl sites for hydroxylation is 1. The number of carbonyl (C=O) groups is 2. The van der Waals surface area contributed by atoms with Gasteiger partial charge in [-0.3, -0.25) is 9.59 Å². The van der Waals surface area contributed by atoms with Crippen LogP contribution >= 0.6 is 0 Å². The summed E-state index contributed by atoms with van der Waals surface area (Å²) in [5.41, 5.74) is 2.35. The molecule has 144 valence electrons. The number of nitrogens with one attached hydrogen (secondary N) is 1. The standard InChI is InChI=1S/C23H20N4O2/c1-15-24-13-17(14-25-15)21(28)27-12-11-23(20(27)16-7-3-2-4-8-16)18-9-5-6-10-19(18)26-22(23)29/h2-10,13-14,20H,11-12H2,1H3,(H,26,29)/t20-,23+/m0/s1. The molecule has 2 atom stereocenters. The van der Waals surface area contributed by atoms with Gasteiger partial charge in [0.1, 0.15) is 11.2 Å². The Labute approximate surface area is 168 Å². The molecule has 1 spiro atoms. The summed E-state index contributed by atoms with van der Waals surface area (Å²) < 4.78 is 0. The number of anilines is 1. The van der Waals surface area contributed by atoms with E-state index in [0.717, 1.165) is 16.8 Å². The molecule has 1 aromatic heterocycles. The van der Waals surface area contributed by atoms with Crippen molar-refractivity contribution in [3.8, 4) is 0 Å². The van der Waals surface area contributed by atoms with E-state index in [2.05, 4.69) is 15.3 Å². The molecule has 29 heavy (non-hydrogen) atoms. The molecule has 6 heteroatoms. The van der Waals surface area contributed by atoms with Crippen molar-refractivity contribution in [3.63, 3.8) is 0 Å². The maximum Gasteiger partial charge on any atom is 0.257 e. The molecule has 1 saturated heterocycles. The second kappa shape index (κ2) is 6.51. The van der Waals surface area contributed by atoms with Crippen LogP contribution in [0.25, 0.3) is 0 Å². The number of amides is 2. The second-order valence-electron chi connectivity index (χ2n) is 7.55. The van der Waals surface area contributed by atoms with E-state index in [4.69, 9.17) is 0 Å². The summed E-state index contributed by atoms with van der Waals surface area (Å²) in [7, 11) is 0. The molecular weight excluding hydrogens is 364 g/mol. The summed E-state index contributed by atoms with van der Waals surface area (Å²) in [4.78, 5) is 36.9. The molecule has 2 aromatic carbocycles. The van der Waals surface area contributed by atoms with Gasteiger partial charge < -0.3 is 10.2 Å². The first-order chi connectivity index (χ1) is 14.1. The van der Waals surface area contributed by atoms with Gasteiger partial charge in [0.25, 0.3) is 5.91 Å². The highest BCUT2D eigenvalue weighted by Gasteiger charge is 2.59. The molecule has 0 aliphatic carbocycles. The van der Waals surface area contributed by atoms with Gasteiger partial charge >= 0.3 is 0 Å². The predicted molar refractivity (Wildman–Crippen MR) is 108 cm³/mol. The average Bonchev–Trinajstić information content (AvgIpc) is 3.28. The number of rotatable bonds is 2. The Balaban J connectivity index is 1.66. The number of para-hydroxylation sites is 1. The largest absolute Gasteiger partial charge is 0.330 e. The van der Waals surface area contributed by atoms with Gasteiger partial charge in [-0.25, -0.2) is 9.97 Å². The Kier molecular flexibility index (Phi) is 3.94. The molecule has 3 heterocycles. The van der Waals surface area contributed by atoms with Crippen LogP contribution < -0.4 is 5.32 Å². The summed E-state index contributed by atoms with van der Waals surface area (Å²) in [5, 5.41) is 3.04. The molecule has 3 aromatic rings. The minimum atomic E-state index is -0.806. The number of benzene rings is 2. The van der Waals surface area contributed by atoms with Gasteiger partial charge in [0.15, 0.2) is 0 Å². The van der Waals surface area contributed by atoms with Crippen molar-refractivity contribution in [2.45, 2.75) is 24.8 Å². The maximum absolute atomic E-state index is 13.4. The third-order valence-corrected chi connectivity index (χ3v) is 5.99. The first-order valence-electron chi connectivity index (χ1n) is 9.67. The van der Waals surface area contributed by atoms with Crippen molar-refractivity contribution in [1.29, 1.82) is 0 Å². The zero-order chi connectivity index (χ0) is 20.0. The van der Waals surface area contributed by atoms with Gasteiger partial charge in [-0.1, -0.05) is 48.5 Å². The lowest BCUT2D eigenvalue weighted by Crippen LogP contribution is -2.42. The number of hydrogen-bond donors (Lipinski definition) is 1. The number of aromatic nitrogens is 2. The van der Waals surface area contributed by atoms with E-state index in [1.165, 1.54) is 0 Å². The second-order valence-corrected chi connectivity index (χ2v) is 7.55. The Bertz CT molecular complexity index is 1100. The molecule has 6 nitrogen and oxygen atoms in total. The van der Waals surface area contributed by atoms with E-state index in [-0.39, 0.29) is 11.8 Å². The Morgan fingerprint density at radius 1 is 1.07 bits per heavy atom. The van der Waals surface area contributed by atoms with Crippen LogP contribution in [0.3, 0.4) is 0 Å². The van der Waals surface area contributed by atoms with Gasteiger partial charge in [-0.2, -0.15) is 0 Å². The Hall–Kier alpha value is -3.54. The molecule has 2 aliphatic rings. The molecule has 0 bridgehead atoms. The monoisotopic (exact) mass is 384 g/mol. The van der Waals surface area contributed by atoms with Gasteiger partial charge in [0.2, 0.25) is 5.91 Å². The fourth-order valence-corrected chi connectivity index (χ4v) is 4.67. The fraction of sp³-hybridized carbons (Fsp3) is 0.217. The normalized spacial score (nSPS) is 22.6. The van der Waals surface area contributed by atoms with Gasteiger partial charge in [0.05, 0.1) is 11.6 Å². The number of likely N-dealkylation sites (tertiary alicyclic amines) is 1. The first-order valence-corrected chi connectivity index (χ1v) is 9.67. The zero-order valence-corrected chi connectivity index (χ0v) is 16.0. The van der Waals surface area contributed by atoms with E-state index in [1.807, 2.05) is 54.6 Å². The van der Waals surface area contributed by atoms with Crippen molar-refractivity contribution < 1.29 is 9.59 Å². The third-order valence-electron chi connectivity index (χ3n) is 5.99.